The van der Waals surface area contributed by atoms with Crippen molar-refractivity contribution in [1.29, 1.82) is 0 Å². The second kappa shape index (κ2) is 5.07. The van der Waals surface area contributed by atoms with Gasteiger partial charge >= 0.3 is 0 Å². The molecule has 104 valence electrons. The van der Waals surface area contributed by atoms with E-state index in [4.69, 9.17) is 4.74 Å². The smallest absolute Gasteiger partial charge is 0.219 e. The van der Waals surface area contributed by atoms with Crippen molar-refractivity contribution in [2.24, 2.45) is 4.99 Å². The number of hydrogen-bond acceptors (Lipinski definition) is 4. The molecule has 0 N–H and O–H groups in total. The van der Waals surface area contributed by atoms with Crippen molar-refractivity contribution in [2.45, 2.75) is 13.3 Å². The number of aliphatic imine (C=N–C) groups is 1. The predicted molar refractivity (Wildman–Crippen MR) is 76.1 cm³/mol. The Labute approximate surface area is 118 Å². The van der Waals surface area contributed by atoms with E-state index < -0.39 is 0 Å². The lowest BCUT2D eigenvalue weighted by atomic mass is 9.97. The first-order chi connectivity index (χ1) is 9.69. The predicted octanol–water partition coefficient (Wildman–Crippen LogP) is 1.44. The van der Waals surface area contributed by atoms with Crippen molar-refractivity contribution >= 4 is 11.6 Å². The number of aromatic nitrogens is 1. The van der Waals surface area contributed by atoms with Crippen molar-refractivity contribution in [3.05, 3.63) is 35.0 Å². The van der Waals surface area contributed by atoms with Crippen LogP contribution in [0.1, 0.15) is 19.0 Å². The average Bonchev–Trinajstić information content (AvgIpc) is 2.90. The molecule has 0 unspecified atom stereocenters. The molecular weight excluding hydrogens is 254 g/mol. The summed E-state index contributed by atoms with van der Waals surface area (Å²) in [5.74, 6) is 0.694. The summed E-state index contributed by atoms with van der Waals surface area (Å²) in [6.45, 7) is 3.78. The average molecular weight is 271 g/mol. The highest BCUT2D eigenvalue weighted by molar-refractivity contribution is 6.14. The van der Waals surface area contributed by atoms with E-state index in [2.05, 4.69) is 9.98 Å². The van der Waals surface area contributed by atoms with Crippen LogP contribution >= 0.6 is 0 Å². The van der Waals surface area contributed by atoms with Crippen LogP contribution in [0.5, 0.6) is 5.88 Å². The SMILES string of the molecule is COc1cccc(C2=NCC3=C2CN(C(C)=O)CC3)n1. The fourth-order valence-corrected chi connectivity index (χ4v) is 2.65. The van der Waals surface area contributed by atoms with Crippen LogP contribution in [-0.2, 0) is 4.79 Å². The summed E-state index contributed by atoms with van der Waals surface area (Å²) in [5.41, 5.74) is 4.22. The maximum Gasteiger partial charge on any atom is 0.219 e. The molecule has 20 heavy (non-hydrogen) atoms. The molecule has 1 aromatic heterocycles. The fourth-order valence-electron chi connectivity index (χ4n) is 2.65. The highest BCUT2D eigenvalue weighted by atomic mass is 16.5. The van der Waals surface area contributed by atoms with E-state index in [1.54, 1.807) is 14.0 Å². The van der Waals surface area contributed by atoms with Crippen LogP contribution in [0.3, 0.4) is 0 Å². The van der Waals surface area contributed by atoms with Gasteiger partial charge in [-0.25, -0.2) is 4.98 Å². The summed E-state index contributed by atoms with van der Waals surface area (Å²) in [6.07, 6.45) is 0.909. The summed E-state index contributed by atoms with van der Waals surface area (Å²) >= 11 is 0. The Balaban J connectivity index is 1.91. The van der Waals surface area contributed by atoms with Crippen molar-refractivity contribution < 1.29 is 9.53 Å². The first-order valence-electron chi connectivity index (χ1n) is 6.71. The van der Waals surface area contributed by atoms with Crippen LogP contribution in [-0.4, -0.2) is 48.2 Å². The molecule has 2 aliphatic rings. The van der Waals surface area contributed by atoms with Gasteiger partial charge in [0.1, 0.15) is 0 Å². The summed E-state index contributed by atoms with van der Waals surface area (Å²) in [6, 6.07) is 5.66. The number of nitrogens with zero attached hydrogens (tertiary/aromatic N) is 3. The molecule has 0 radical (unpaired) electrons. The molecule has 3 heterocycles. The Hall–Kier alpha value is -2.17. The van der Waals surface area contributed by atoms with Gasteiger partial charge in [0.2, 0.25) is 11.8 Å². The molecule has 1 aromatic rings. The Bertz CT molecular complexity index is 619. The topological polar surface area (TPSA) is 54.8 Å². The minimum Gasteiger partial charge on any atom is -0.481 e. The lowest BCUT2D eigenvalue weighted by molar-refractivity contribution is -0.128. The normalized spacial score (nSPS) is 17.9. The van der Waals surface area contributed by atoms with Gasteiger partial charge in [-0.2, -0.15) is 0 Å². The molecule has 0 bridgehead atoms. The zero-order chi connectivity index (χ0) is 14.1. The van der Waals surface area contributed by atoms with Gasteiger partial charge < -0.3 is 9.64 Å². The molecule has 0 spiro atoms. The van der Waals surface area contributed by atoms with Gasteiger partial charge in [0.05, 0.1) is 25.1 Å². The molecule has 0 fully saturated rings. The van der Waals surface area contributed by atoms with Crippen LogP contribution in [0.2, 0.25) is 0 Å². The number of pyridine rings is 1. The summed E-state index contributed by atoms with van der Waals surface area (Å²) < 4.78 is 5.16. The van der Waals surface area contributed by atoms with E-state index in [-0.39, 0.29) is 5.91 Å². The van der Waals surface area contributed by atoms with Gasteiger partial charge in [-0.3, -0.25) is 9.79 Å². The van der Waals surface area contributed by atoms with Crippen LogP contribution in [0, 0.1) is 0 Å². The molecule has 2 aliphatic heterocycles. The highest BCUT2D eigenvalue weighted by Crippen LogP contribution is 2.27. The molecule has 0 atom stereocenters. The molecule has 0 saturated heterocycles. The number of hydrogen-bond donors (Lipinski definition) is 0. The van der Waals surface area contributed by atoms with E-state index >= 15 is 0 Å². The third-order valence-electron chi connectivity index (χ3n) is 3.79. The number of methoxy groups -OCH3 is 1. The van der Waals surface area contributed by atoms with Gasteiger partial charge in [-0.1, -0.05) is 6.07 Å². The van der Waals surface area contributed by atoms with E-state index in [1.165, 1.54) is 5.57 Å². The number of carbonyl (C=O) groups is 1. The van der Waals surface area contributed by atoms with Gasteiger partial charge in [0.15, 0.2) is 0 Å². The largest absolute Gasteiger partial charge is 0.481 e. The van der Waals surface area contributed by atoms with Gasteiger partial charge in [-0.15, -0.1) is 0 Å². The maximum absolute atomic E-state index is 11.6. The Morgan fingerprint density at radius 3 is 3.00 bits per heavy atom. The van der Waals surface area contributed by atoms with Crippen LogP contribution in [0.4, 0.5) is 0 Å². The van der Waals surface area contributed by atoms with Crippen molar-refractivity contribution in [3.8, 4) is 5.88 Å². The molecule has 0 saturated carbocycles. The minimum atomic E-state index is 0.112. The number of carbonyl (C=O) groups excluding carboxylic acids is 1. The van der Waals surface area contributed by atoms with E-state index in [1.807, 2.05) is 23.1 Å². The Morgan fingerprint density at radius 1 is 1.40 bits per heavy atom. The van der Waals surface area contributed by atoms with Gasteiger partial charge in [0.25, 0.3) is 0 Å². The molecule has 1 amide bonds. The van der Waals surface area contributed by atoms with Crippen molar-refractivity contribution in [3.63, 3.8) is 0 Å². The first kappa shape index (κ1) is 12.8. The molecule has 5 heteroatoms. The van der Waals surface area contributed by atoms with E-state index in [0.717, 1.165) is 36.5 Å². The van der Waals surface area contributed by atoms with Crippen molar-refractivity contribution in [1.82, 2.24) is 9.88 Å². The Morgan fingerprint density at radius 2 is 2.25 bits per heavy atom. The molecule has 0 aromatic carbocycles. The minimum absolute atomic E-state index is 0.112. The zero-order valence-electron chi connectivity index (χ0n) is 11.7. The maximum atomic E-state index is 11.6. The summed E-state index contributed by atoms with van der Waals surface area (Å²) in [5, 5.41) is 0. The molecular formula is C15H17N3O2. The quantitative estimate of drug-likeness (QED) is 0.818. The zero-order valence-corrected chi connectivity index (χ0v) is 11.7. The second-order valence-electron chi connectivity index (χ2n) is 5.00. The number of ether oxygens (including phenoxy) is 1. The first-order valence-corrected chi connectivity index (χ1v) is 6.71. The van der Waals surface area contributed by atoms with Crippen LogP contribution < -0.4 is 4.74 Å². The molecule has 0 aliphatic carbocycles. The second-order valence-corrected chi connectivity index (χ2v) is 5.00. The van der Waals surface area contributed by atoms with Crippen LogP contribution in [0.15, 0.2) is 34.3 Å². The monoisotopic (exact) mass is 271 g/mol. The van der Waals surface area contributed by atoms with E-state index in [9.17, 15) is 4.79 Å². The van der Waals surface area contributed by atoms with Crippen molar-refractivity contribution in [2.75, 3.05) is 26.7 Å². The molecule has 3 rings (SSSR count). The highest BCUT2D eigenvalue weighted by Gasteiger charge is 2.28. The lowest BCUT2D eigenvalue weighted by Crippen LogP contribution is -2.36. The van der Waals surface area contributed by atoms with Gasteiger partial charge in [-0.05, 0) is 18.1 Å². The van der Waals surface area contributed by atoms with E-state index in [0.29, 0.717) is 12.4 Å². The third kappa shape index (κ3) is 2.19. The van der Waals surface area contributed by atoms with Crippen LogP contribution in [0.25, 0.3) is 0 Å². The van der Waals surface area contributed by atoms with Gasteiger partial charge in [0, 0.05) is 31.7 Å². The third-order valence-corrected chi connectivity index (χ3v) is 3.79. The Kier molecular flexibility index (Phi) is 3.26. The summed E-state index contributed by atoms with van der Waals surface area (Å²) in [7, 11) is 1.60. The molecule has 5 nitrogen and oxygen atoms in total. The standard InChI is InChI=1S/C15H17N3O2/c1-10(19)18-7-6-11-8-16-15(12(11)9-18)13-4-3-5-14(17-13)20-2/h3-5H,6-9H2,1-2H3. The lowest BCUT2D eigenvalue weighted by Gasteiger charge is -2.27. The number of rotatable bonds is 2. The summed E-state index contributed by atoms with van der Waals surface area (Å²) in [4.78, 5) is 22.5. The fraction of sp³-hybridized carbons (Fsp3) is 0.400. The number of amides is 1.